The van der Waals surface area contributed by atoms with Crippen molar-refractivity contribution in [1.82, 2.24) is 10.3 Å². The molecule has 118 valence electrons. The van der Waals surface area contributed by atoms with Crippen LogP contribution in [0.2, 0.25) is 0 Å². The first-order valence-electron chi connectivity index (χ1n) is 8.56. The highest BCUT2D eigenvalue weighted by atomic mass is 15.2. The summed E-state index contributed by atoms with van der Waals surface area (Å²) in [5.41, 5.74) is 2.56. The fourth-order valence-electron chi connectivity index (χ4n) is 3.07. The van der Waals surface area contributed by atoms with E-state index in [0.717, 1.165) is 18.8 Å². The number of nitrogens with one attached hydrogen (secondary N) is 1. The largest absolute Gasteiger partial charge is 0.357 e. The average molecular weight is 289 g/mol. The van der Waals surface area contributed by atoms with Crippen molar-refractivity contribution < 1.29 is 0 Å². The molecule has 1 aliphatic rings. The zero-order chi connectivity index (χ0) is 15.2. The Balaban J connectivity index is 2.14. The number of hydrogen-bond acceptors (Lipinski definition) is 3. The third-order valence-electron chi connectivity index (χ3n) is 4.49. The molecule has 21 heavy (non-hydrogen) atoms. The van der Waals surface area contributed by atoms with Gasteiger partial charge in [-0.3, -0.25) is 0 Å². The van der Waals surface area contributed by atoms with Gasteiger partial charge in [-0.25, -0.2) is 4.98 Å². The maximum absolute atomic E-state index is 4.85. The molecule has 0 amide bonds. The number of aryl methyl sites for hydroxylation is 1. The summed E-state index contributed by atoms with van der Waals surface area (Å²) in [5.74, 6) is 1.15. The predicted molar refractivity (Wildman–Crippen MR) is 90.9 cm³/mol. The van der Waals surface area contributed by atoms with Crippen LogP contribution in [0, 0.1) is 0 Å². The van der Waals surface area contributed by atoms with E-state index in [1.165, 1.54) is 43.4 Å². The van der Waals surface area contributed by atoms with E-state index in [0.29, 0.717) is 12.1 Å². The van der Waals surface area contributed by atoms with Gasteiger partial charge >= 0.3 is 0 Å². The maximum Gasteiger partial charge on any atom is 0.129 e. The molecule has 1 aromatic heterocycles. The van der Waals surface area contributed by atoms with Crippen molar-refractivity contribution in [3.63, 3.8) is 0 Å². The minimum atomic E-state index is 0.516. The van der Waals surface area contributed by atoms with E-state index in [-0.39, 0.29) is 0 Å². The number of rotatable bonds is 6. The SMILES string of the molecule is CCc1cc(CNC(C)C)cc(N(C)C2CCCCC2)n1. The number of nitrogens with zero attached hydrogens (tertiary/aromatic N) is 2. The minimum Gasteiger partial charge on any atom is -0.357 e. The molecule has 1 aromatic rings. The van der Waals surface area contributed by atoms with Crippen molar-refractivity contribution in [3.05, 3.63) is 23.4 Å². The lowest BCUT2D eigenvalue weighted by Gasteiger charge is -2.32. The molecular formula is C18H31N3. The van der Waals surface area contributed by atoms with Crippen molar-refractivity contribution in [2.75, 3.05) is 11.9 Å². The lowest BCUT2D eigenvalue weighted by atomic mass is 9.94. The van der Waals surface area contributed by atoms with E-state index in [9.17, 15) is 0 Å². The van der Waals surface area contributed by atoms with Crippen LogP contribution in [0.25, 0.3) is 0 Å². The van der Waals surface area contributed by atoms with Crippen molar-refractivity contribution in [3.8, 4) is 0 Å². The van der Waals surface area contributed by atoms with Gasteiger partial charge in [0.1, 0.15) is 5.82 Å². The first-order chi connectivity index (χ1) is 10.1. The Morgan fingerprint density at radius 2 is 1.95 bits per heavy atom. The fraction of sp³-hybridized carbons (Fsp3) is 0.722. The van der Waals surface area contributed by atoms with Gasteiger partial charge in [-0.05, 0) is 37.0 Å². The second kappa shape index (κ2) is 7.79. The smallest absolute Gasteiger partial charge is 0.129 e. The van der Waals surface area contributed by atoms with Crippen LogP contribution >= 0.6 is 0 Å². The molecule has 0 aliphatic heterocycles. The molecule has 0 spiro atoms. The number of anilines is 1. The van der Waals surface area contributed by atoms with E-state index in [1.807, 2.05) is 0 Å². The second-order valence-corrected chi connectivity index (χ2v) is 6.62. The molecule has 0 radical (unpaired) electrons. The number of pyridine rings is 1. The van der Waals surface area contributed by atoms with Crippen molar-refractivity contribution in [2.24, 2.45) is 0 Å². The van der Waals surface area contributed by atoms with Gasteiger partial charge in [-0.1, -0.05) is 40.0 Å². The van der Waals surface area contributed by atoms with Gasteiger partial charge in [0, 0.05) is 31.4 Å². The molecule has 1 fully saturated rings. The summed E-state index contributed by atoms with van der Waals surface area (Å²) in [4.78, 5) is 7.27. The highest BCUT2D eigenvalue weighted by Gasteiger charge is 2.19. The van der Waals surface area contributed by atoms with Gasteiger partial charge in [-0.2, -0.15) is 0 Å². The third kappa shape index (κ3) is 4.70. The highest BCUT2D eigenvalue weighted by molar-refractivity contribution is 5.43. The van der Waals surface area contributed by atoms with Gasteiger partial charge in [0.25, 0.3) is 0 Å². The van der Waals surface area contributed by atoms with Gasteiger partial charge in [0.2, 0.25) is 0 Å². The second-order valence-electron chi connectivity index (χ2n) is 6.62. The van der Waals surface area contributed by atoms with Gasteiger partial charge in [0.15, 0.2) is 0 Å². The number of hydrogen-bond donors (Lipinski definition) is 1. The van der Waals surface area contributed by atoms with E-state index in [2.05, 4.69) is 50.2 Å². The molecule has 3 nitrogen and oxygen atoms in total. The summed E-state index contributed by atoms with van der Waals surface area (Å²) in [6.45, 7) is 7.50. The zero-order valence-corrected chi connectivity index (χ0v) is 14.2. The Labute approximate surface area is 130 Å². The zero-order valence-electron chi connectivity index (χ0n) is 14.2. The van der Waals surface area contributed by atoms with E-state index >= 15 is 0 Å². The van der Waals surface area contributed by atoms with Crippen LogP contribution in [0.5, 0.6) is 0 Å². The topological polar surface area (TPSA) is 28.2 Å². The fourth-order valence-corrected chi connectivity index (χ4v) is 3.07. The Kier molecular flexibility index (Phi) is 6.04. The van der Waals surface area contributed by atoms with Crippen LogP contribution in [0.3, 0.4) is 0 Å². The molecular weight excluding hydrogens is 258 g/mol. The third-order valence-corrected chi connectivity index (χ3v) is 4.49. The summed E-state index contributed by atoms with van der Waals surface area (Å²) >= 11 is 0. The van der Waals surface area contributed by atoms with E-state index in [1.54, 1.807) is 0 Å². The van der Waals surface area contributed by atoms with Gasteiger partial charge < -0.3 is 10.2 Å². The standard InChI is InChI=1S/C18H31N3/c1-5-16-11-15(13-19-14(2)3)12-18(20-16)21(4)17-9-7-6-8-10-17/h11-12,14,17,19H,5-10,13H2,1-4H3. The van der Waals surface area contributed by atoms with E-state index in [4.69, 9.17) is 4.98 Å². The van der Waals surface area contributed by atoms with Crippen LogP contribution in [0.1, 0.15) is 64.1 Å². The van der Waals surface area contributed by atoms with Crippen LogP contribution in [-0.2, 0) is 13.0 Å². The quantitative estimate of drug-likeness (QED) is 0.860. The molecule has 2 rings (SSSR count). The summed E-state index contributed by atoms with van der Waals surface area (Å²) in [6.07, 6.45) is 7.76. The summed E-state index contributed by atoms with van der Waals surface area (Å²) in [5, 5.41) is 3.51. The lowest BCUT2D eigenvalue weighted by Crippen LogP contribution is -2.34. The molecule has 3 heteroatoms. The first-order valence-corrected chi connectivity index (χ1v) is 8.56. The minimum absolute atomic E-state index is 0.516. The average Bonchev–Trinajstić information content (AvgIpc) is 2.52. The lowest BCUT2D eigenvalue weighted by molar-refractivity contribution is 0.425. The molecule has 0 bridgehead atoms. The van der Waals surface area contributed by atoms with Crippen molar-refractivity contribution in [1.29, 1.82) is 0 Å². The Hall–Kier alpha value is -1.09. The molecule has 0 unspecified atom stereocenters. The monoisotopic (exact) mass is 289 g/mol. The first kappa shape index (κ1) is 16.3. The van der Waals surface area contributed by atoms with Crippen LogP contribution in [0.4, 0.5) is 5.82 Å². The summed E-state index contributed by atoms with van der Waals surface area (Å²) in [7, 11) is 2.22. The Morgan fingerprint density at radius 1 is 1.24 bits per heavy atom. The normalized spacial score (nSPS) is 16.4. The summed E-state index contributed by atoms with van der Waals surface area (Å²) < 4.78 is 0. The van der Waals surface area contributed by atoms with Gasteiger partial charge in [0.05, 0.1) is 0 Å². The Morgan fingerprint density at radius 3 is 2.57 bits per heavy atom. The van der Waals surface area contributed by atoms with Crippen molar-refractivity contribution in [2.45, 2.75) is 77.9 Å². The van der Waals surface area contributed by atoms with Crippen molar-refractivity contribution >= 4 is 5.82 Å². The Bertz CT molecular complexity index is 436. The molecule has 1 heterocycles. The summed E-state index contributed by atoms with van der Waals surface area (Å²) in [6, 6.07) is 5.70. The molecule has 0 aromatic carbocycles. The molecule has 0 saturated heterocycles. The maximum atomic E-state index is 4.85. The van der Waals surface area contributed by atoms with Gasteiger partial charge in [-0.15, -0.1) is 0 Å². The van der Waals surface area contributed by atoms with Crippen LogP contribution in [-0.4, -0.2) is 24.1 Å². The molecule has 1 saturated carbocycles. The molecule has 1 aliphatic carbocycles. The van der Waals surface area contributed by atoms with Crippen LogP contribution < -0.4 is 10.2 Å². The van der Waals surface area contributed by atoms with Crippen LogP contribution in [0.15, 0.2) is 12.1 Å². The molecule has 1 N–H and O–H groups in total. The predicted octanol–water partition coefficient (Wildman–Crippen LogP) is 3.91. The highest BCUT2D eigenvalue weighted by Crippen LogP contribution is 2.26. The number of aromatic nitrogens is 1. The van der Waals surface area contributed by atoms with E-state index < -0.39 is 0 Å². The molecule has 0 atom stereocenters.